The Labute approximate surface area is 208 Å². The number of para-hydroxylation sites is 1. The molecule has 34 heavy (non-hydrogen) atoms. The van der Waals surface area contributed by atoms with Crippen molar-refractivity contribution in [2.45, 2.75) is 51.2 Å². The van der Waals surface area contributed by atoms with E-state index < -0.39 is 0 Å². The summed E-state index contributed by atoms with van der Waals surface area (Å²) in [6.45, 7) is 11.6. The average molecular weight is 459 g/mol. The minimum absolute atomic E-state index is 0.257. The lowest BCUT2D eigenvalue weighted by Gasteiger charge is -2.38. The van der Waals surface area contributed by atoms with Crippen LogP contribution >= 0.6 is 11.8 Å². The maximum Gasteiger partial charge on any atom is 0.295 e. The first-order chi connectivity index (χ1) is 16.4. The van der Waals surface area contributed by atoms with Gasteiger partial charge in [0.15, 0.2) is 0 Å². The van der Waals surface area contributed by atoms with E-state index in [-0.39, 0.29) is 12.2 Å². The molecule has 0 amide bonds. The predicted molar refractivity (Wildman–Crippen MR) is 149 cm³/mol. The molecule has 0 saturated heterocycles. The largest absolute Gasteiger partial charge is 0.394 e. The van der Waals surface area contributed by atoms with Crippen molar-refractivity contribution in [3.05, 3.63) is 112 Å². The van der Waals surface area contributed by atoms with Gasteiger partial charge in [-0.3, -0.25) is 0 Å². The van der Waals surface area contributed by atoms with E-state index in [1.807, 2.05) is 11.8 Å². The molecule has 0 aliphatic carbocycles. The molecule has 0 radical (unpaired) electrons. The summed E-state index contributed by atoms with van der Waals surface area (Å²) in [5.74, 6) is 0. The van der Waals surface area contributed by atoms with Crippen LogP contribution in [0.1, 0.15) is 44.3 Å². The third kappa shape index (κ3) is 3.33. The molecule has 0 fully saturated rings. The van der Waals surface area contributed by atoms with Crippen LogP contribution < -0.4 is 10.3 Å². The molecule has 1 nitrogen and oxygen atoms in total. The van der Waals surface area contributed by atoms with Gasteiger partial charge in [-0.15, -0.1) is 0 Å². The van der Waals surface area contributed by atoms with E-state index in [2.05, 4.69) is 112 Å². The summed E-state index contributed by atoms with van der Waals surface area (Å²) in [5.41, 5.74) is 15.4. The Morgan fingerprint density at radius 2 is 1.41 bits per heavy atom. The van der Waals surface area contributed by atoms with Gasteiger partial charge in [0, 0.05) is 10.6 Å². The first-order valence-corrected chi connectivity index (χ1v) is 13.1. The van der Waals surface area contributed by atoms with Gasteiger partial charge in [-0.2, -0.15) is 0 Å². The van der Waals surface area contributed by atoms with Gasteiger partial charge in [-0.25, -0.2) is 0 Å². The van der Waals surface area contributed by atoms with Gasteiger partial charge in [-0.05, 0) is 86.4 Å². The van der Waals surface area contributed by atoms with Crippen molar-refractivity contribution < 1.29 is 0 Å². The number of hydrogen-bond donors (Lipinski definition) is 0. The van der Waals surface area contributed by atoms with Crippen LogP contribution in [0.3, 0.4) is 0 Å². The standard InChI is InChI=1S/C31H30BNS/c1-19-15-22(4)30(23(5)16-19)32-18-24-17-20(2)14-21(3)29(24)25-10-6-7-11-26(25)31-33(32)27-12-8-9-13-28(27)34-31/h6-17,31H,18H2,1-5H3/t31-/m1/s1. The number of aryl methyl sites for hydroxylation is 5. The lowest BCUT2D eigenvalue weighted by Crippen LogP contribution is -2.53. The molecule has 2 heterocycles. The quantitative estimate of drug-likeness (QED) is 0.271. The van der Waals surface area contributed by atoms with Gasteiger partial charge in [0.2, 0.25) is 0 Å². The molecular weight excluding hydrogens is 429 g/mol. The van der Waals surface area contributed by atoms with Crippen molar-refractivity contribution in [1.29, 1.82) is 0 Å². The van der Waals surface area contributed by atoms with Crippen LogP contribution in [0.5, 0.6) is 0 Å². The Balaban J connectivity index is 1.69. The van der Waals surface area contributed by atoms with E-state index >= 15 is 0 Å². The summed E-state index contributed by atoms with van der Waals surface area (Å²) >= 11 is 2.01. The monoisotopic (exact) mass is 459 g/mol. The molecule has 0 bridgehead atoms. The number of anilines is 1. The Kier molecular flexibility index (Phi) is 5.15. The predicted octanol–water partition coefficient (Wildman–Crippen LogP) is 7.50. The SMILES string of the molecule is Cc1cc(C)c(B2Cc3cc(C)cc(C)c3-c3ccccc3[C@H]3Sc4ccccc4N23)c(C)c1. The van der Waals surface area contributed by atoms with E-state index in [0.717, 1.165) is 6.32 Å². The fraction of sp³-hybridized carbons (Fsp3) is 0.226. The van der Waals surface area contributed by atoms with Crippen LogP contribution in [-0.4, -0.2) is 6.85 Å². The molecule has 0 spiro atoms. The van der Waals surface area contributed by atoms with Gasteiger partial charge in [-0.1, -0.05) is 94.7 Å². The van der Waals surface area contributed by atoms with Gasteiger partial charge in [0.05, 0.1) is 5.37 Å². The summed E-state index contributed by atoms with van der Waals surface area (Å²) in [6, 6.07) is 27.6. The minimum atomic E-state index is 0.257. The average Bonchev–Trinajstić information content (AvgIpc) is 3.15. The first kappa shape index (κ1) is 21.6. The first-order valence-electron chi connectivity index (χ1n) is 12.2. The van der Waals surface area contributed by atoms with Crippen molar-refractivity contribution in [3.63, 3.8) is 0 Å². The summed E-state index contributed by atoms with van der Waals surface area (Å²) < 4.78 is 0. The zero-order valence-electron chi connectivity index (χ0n) is 20.6. The maximum atomic E-state index is 2.73. The summed E-state index contributed by atoms with van der Waals surface area (Å²) in [6.07, 6.45) is 1.00. The highest BCUT2D eigenvalue weighted by atomic mass is 32.2. The molecule has 3 heteroatoms. The van der Waals surface area contributed by atoms with Gasteiger partial charge in [0.1, 0.15) is 0 Å². The molecule has 0 saturated carbocycles. The lowest BCUT2D eigenvalue weighted by atomic mass is 9.47. The Hall–Kier alpha value is -2.91. The van der Waals surface area contributed by atoms with Crippen LogP contribution in [-0.2, 0) is 6.32 Å². The second kappa shape index (κ2) is 8.10. The Morgan fingerprint density at radius 1 is 0.765 bits per heavy atom. The van der Waals surface area contributed by atoms with Crippen molar-refractivity contribution in [2.75, 3.05) is 4.81 Å². The van der Waals surface area contributed by atoms with Crippen molar-refractivity contribution in [2.24, 2.45) is 0 Å². The zero-order chi connectivity index (χ0) is 23.6. The molecule has 6 rings (SSSR count). The summed E-state index contributed by atoms with van der Waals surface area (Å²) in [5, 5.41) is 0.257. The van der Waals surface area contributed by atoms with E-state index in [1.54, 1.807) is 0 Å². The Bertz CT molecular complexity index is 1420. The van der Waals surface area contributed by atoms with Crippen LogP contribution in [0, 0.1) is 34.6 Å². The molecule has 0 N–H and O–H groups in total. The number of rotatable bonds is 1. The highest BCUT2D eigenvalue weighted by Gasteiger charge is 2.42. The third-order valence-corrected chi connectivity index (χ3v) is 8.82. The number of benzene rings is 4. The van der Waals surface area contributed by atoms with E-state index in [0.29, 0.717) is 0 Å². The normalized spacial score (nSPS) is 16.3. The second-order valence-corrected chi connectivity index (χ2v) is 11.2. The minimum Gasteiger partial charge on any atom is -0.394 e. The summed E-state index contributed by atoms with van der Waals surface area (Å²) in [4.78, 5) is 4.11. The van der Waals surface area contributed by atoms with Gasteiger partial charge in [0.25, 0.3) is 6.85 Å². The van der Waals surface area contributed by atoms with Gasteiger partial charge < -0.3 is 4.81 Å². The van der Waals surface area contributed by atoms with Crippen molar-refractivity contribution in [1.82, 2.24) is 0 Å². The maximum absolute atomic E-state index is 2.73. The highest BCUT2D eigenvalue weighted by Crippen LogP contribution is 2.55. The fourth-order valence-corrected chi connectivity index (χ4v) is 7.82. The number of hydrogen-bond acceptors (Lipinski definition) is 2. The van der Waals surface area contributed by atoms with E-state index in [9.17, 15) is 0 Å². The van der Waals surface area contributed by atoms with E-state index in [1.165, 1.54) is 66.1 Å². The molecule has 0 unspecified atom stereocenters. The summed E-state index contributed by atoms with van der Waals surface area (Å²) in [7, 11) is 0. The molecule has 2 aliphatic heterocycles. The second-order valence-electron chi connectivity index (χ2n) is 10.1. The number of thioether (sulfide) groups is 1. The molecular formula is C31H30BNS. The van der Waals surface area contributed by atoms with Crippen molar-refractivity contribution in [3.8, 4) is 11.1 Å². The van der Waals surface area contributed by atoms with Gasteiger partial charge >= 0.3 is 0 Å². The molecule has 0 aromatic heterocycles. The van der Waals surface area contributed by atoms with Crippen LogP contribution in [0.25, 0.3) is 11.1 Å². The number of nitrogens with zero attached hydrogens (tertiary/aromatic N) is 1. The molecule has 4 aromatic rings. The number of fused-ring (bicyclic) bond motifs is 7. The molecule has 168 valence electrons. The molecule has 1 atom stereocenters. The van der Waals surface area contributed by atoms with Crippen LogP contribution in [0.15, 0.2) is 77.7 Å². The molecule has 4 aromatic carbocycles. The Morgan fingerprint density at radius 3 is 2.21 bits per heavy atom. The highest BCUT2D eigenvalue weighted by molar-refractivity contribution is 8.00. The zero-order valence-corrected chi connectivity index (χ0v) is 21.5. The lowest BCUT2D eigenvalue weighted by molar-refractivity contribution is 0.991. The molecule has 2 aliphatic rings. The smallest absolute Gasteiger partial charge is 0.295 e. The van der Waals surface area contributed by atoms with Crippen molar-refractivity contribution >= 4 is 29.8 Å². The third-order valence-electron chi connectivity index (χ3n) is 7.51. The van der Waals surface area contributed by atoms with Crippen LogP contribution in [0.4, 0.5) is 5.69 Å². The fourth-order valence-electron chi connectivity index (χ4n) is 6.42. The van der Waals surface area contributed by atoms with E-state index in [4.69, 9.17) is 0 Å². The van der Waals surface area contributed by atoms with Crippen LogP contribution in [0.2, 0.25) is 0 Å². The topological polar surface area (TPSA) is 3.24 Å².